The molecule has 0 aromatic heterocycles. The van der Waals surface area contributed by atoms with E-state index in [1.807, 2.05) is 78.6 Å². The van der Waals surface area contributed by atoms with Crippen LogP contribution in [0.15, 0.2) is 85.5 Å². The van der Waals surface area contributed by atoms with E-state index in [-0.39, 0.29) is 17.6 Å². The summed E-state index contributed by atoms with van der Waals surface area (Å²) >= 11 is 0. The zero-order valence-electron chi connectivity index (χ0n) is 65.6. The molecule has 0 N–H and O–H groups in total. The summed E-state index contributed by atoms with van der Waals surface area (Å²) in [5.74, 6) is 1.82. The first-order chi connectivity index (χ1) is 48.8. The van der Waals surface area contributed by atoms with Crippen LogP contribution in [0, 0.1) is 0 Å². The highest BCUT2D eigenvalue weighted by Gasteiger charge is 2.55. The molecule has 9 rings (SSSR count). The predicted octanol–water partition coefficient (Wildman–Crippen LogP) is 11.8. The normalized spacial score (nSPS) is 30.9. The monoisotopic (exact) mass is 1740 g/mol. The lowest BCUT2D eigenvalue weighted by atomic mass is 9.76. The van der Waals surface area contributed by atoms with E-state index >= 15 is 0 Å². The van der Waals surface area contributed by atoms with Crippen LogP contribution in [-0.2, 0) is 116 Å². The van der Waals surface area contributed by atoms with Gasteiger partial charge in [0.05, 0.1) is 26.4 Å². The van der Waals surface area contributed by atoms with E-state index in [0.717, 1.165) is 81.6 Å². The molecule has 104 heavy (non-hydrogen) atoms. The molecule has 0 saturated carbocycles. The molecule has 0 aliphatic carbocycles. The number of rotatable bonds is 32. The molecule has 3 unspecified atom stereocenters. The molecule has 25 nitrogen and oxygen atoms in total. The van der Waals surface area contributed by atoms with Crippen molar-refractivity contribution in [1.82, 2.24) is 0 Å². The first-order valence-corrected chi connectivity index (χ1v) is 71.8. The number of aryl methyl sites for hydroxylation is 2. The number of hydrogen-bond donors (Lipinski definition) is 0. The van der Waals surface area contributed by atoms with Gasteiger partial charge in [-0.1, -0.05) is 60.9 Å². The van der Waals surface area contributed by atoms with Gasteiger partial charge in [0.25, 0.3) is 0 Å². The van der Waals surface area contributed by atoms with Crippen LogP contribution < -0.4 is 9.47 Å². The van der Waals surface area contributed by atoms with Gasteiger partial charge in [0, 0.05) is 39.4 Å². The Bertz CT molecular complexity index is 2800. The van der Waals surface area contributed by atoms with E-state index in [1.54, 1.807) is 44.1 Å². The molecule has 584 valence electrons. The third-order valence-corrected chi connectivity index (χ3v) is 74.3. The van der Waals surface area contributed by atoms with Crippen LogP contribution in [0.1, 0.15) is 55.4 Å². The lowest BCUT2D eigenvalue weighted by Gasteiger charge is -2.46. The van der Waals surface area contributed by atoms with Crippen molar-refractivity contribution in [2.45, 2.75) is 205 Å². The molecule has 7 saturated heterocycles. The highest BCUT2D eigenvalue weighted by molar-refractivity contribution is 6.98. The second-order valence-electron chi connectivity index (χ2n) is 28.4. The molecule has 0 amide bonds. The Morgan fingerprint density at radius 3 is 1.04 bits per heavy atom. The van der Waals surface area contributed by atoms with Crippen molar-refractivity contribution in [3.8, 4) is 11.5 Å². The van der Waals surface area contributed by atoms with Gasteiger partial charge in [-0.15, -0.1) is 26.3 Å². The summed E-state index contributed by atoms with van der Waals surface area (Å²) < 4.78 is 152. The smallest absolute Gasteiger partial charge is 0.491 e. The highest BCUT2D eigenvalue weighted by Crippen LogP contribution is 2.40. The molecular formula is C62H118O25Si17. The molecule has 7 heterocycles. The van der Waals surface area contributed by atoms with Gasteiger partial charge in [-0.2, -0.15) is 0 Å². The maximum absolute atomic E-state index is 6.54. The zero-order valence-corrected chi connectivity index (χ0v) is 82.6. The fraction of sp³-hybridized carbons (Fsp3) is 0.677. The summed E-state index contributed by atoms with van der Waals surface area (Å²) in [6.07, 6.45) is 5.06. The molecule has 8 radical (unpaired) electrons. The van der Waals surface area contributed by atoms with Crippen LogP contribution >= 0.6 is 0 Å². The molecule has 2 aromatic carbocycles. The minimum Gasteiger partial charge on any atom is -0.491 e. The number of benzene rings is 2. The van der Waals surface area contributed by atoms with Crippen molar-refractivity contribution < 1.29 is 108 Å². The van der Waals surface area contributed by atoms with Crippen molar-refractivity contribution in [3.63, 3.8) is 0 Å². The quantitative estimate of drug-likeness (QED) is 0.0376. The van der Waals surface area contributed by atoms with Gasteiger partial charge in [-0.25, -0.2) is 0 Å². The number of epoxide rings is 3. The lowest BCUT2D eigenvalue weighted by molar-refractivity contribution is 0.115. The maximum Gasteiger partial charge on any atom is 0.500 e. The Morgan fingerprint density at radius 2 is 0.731 bits per heavy atom. The summed E-state index contributed by atoms with van der Waals surface area (Å²) in [6, 6.07) is 17.3. The molecule has 2 aromatic rings. The van der Waals surface area contributed by atoms with Gasteiger partial charge >= 0.3 is 152 Å². The molecule has 7 fully saturated rings. The Hall–Kier alpha value is -0.233. The van der Waals surface area contributed by atoms with E-state index in [9.17, 15) is 0 Å². The molecule has 7 aliphatic rings. The third-order valence-electron chi connectivity index (χ3n) is 17.9. The van der Waals surface area contributed by atoms with Crippen molar-refractivity contribution in [2.24, 2.45) is 0 Å². The van der Waals surface area contributed by atoms with Crippen LogP contribution in [0.5, 0.6) is 11.5 Å². The molecule has 0 spiro atoms. The van der Waals surface area contributed by atoms with Gasteiger partial charge in [-0.3, -0.25) is 0 Å². The van der Waals surface area contributed by atoms with Crippen LogP contribution in [-0.4, -0.2) is 237 Å². The van der Waals surface area contributed by atoms with E-state index < -0.39 is 152 Å². The Morgan fingerprint density at radius 1 is 0.433 bits per heavy atom. The molecule has 7 aliphatic heterocycles. The van der Waals surface area contributed by atoms with E-state index in [1.165, 1.54) is 22.3 Å². The van der Waals surface area contributed by atoms with Crippen molar-refractivity contribution in [2.75, 3.05) is 67.6 Å². The first-order valence-electron chi connectivity index (χ1n) is 35.7. The minimum absolute atomic E-state index is 0.176. The molecule has 42 heteroatoms. The Kier molecular flexibility index (Phi) is 35.1. The summed E-state index contributed by atoms with van der Waals surface area (Å²) in [7, 11) is -29.4. The van der Waals surface area contributed by atoms with Gasteiger partial charge in [0.15, 0.2) is 0 Å². The zero-order chi connectivity index (χ0) is 76.6. The highest BCUT2D eigenvalue weighted by atomic mass is 28.5. The largest absolute Gasteiger partial charge is 0.500 e. The lowest BCUT2D eigenvalue weighted by Crippen LogP contribution is -2.65. The predicted molar refractivity (Wildman–Crippen MR) is 432 cm³/mol. The van der Waals surface area contributed by atoms with Crippen LogP contribution in [0.3, 0.4) is 0 Å². The second kappa shape index (κ2) is 40.2. The minimum atomic E-state index is -2.68. The van der Waals surface area contributed by atoms with Crippen molar-refractivity contribution in [1.29, 1.82) is 0 Å². The molecular weight excluding hydrogens is 1620 g/mol. The first kappa shape index (κ1) is 91.0. The fourth-order valence-corrected chi connectivity index (χ4v) is 72.4. The number of hydrogen-bond acceptors (Lipinski definition) is 25. The van der Waals surface area contributed by atoms with Gasteiger partial charge in [0.2, 0.25) is 0 Å². The molecule has 0 bridgehead atoms. The van der Waals surface area contributed by atoms with Crippen LogP contribution in [0.4, 0.5) is 0 Å². The standard InChI is InChI=1S/C35H58O12Si8.C15H36O9Si5.C12H24O4Si4/c1-35(2,29-15-17-33(38-25-31-23-36-31)27(21-29)13-11-19-54(9)44-50(5)40-48(3)41-51(6)45-54)30-16-18-34(39-26-32-24-37-32)28(22-30)14-12-20-55(10)46-52(7)42-49(4)43-53(8)47-55;1-16-29(17-2,18-3)12-11-28(7)23-25(4)21-27(6,22-26(5)24-28)10-8-9-19-13-15-14-20-15;1-9-17(5)13-18(6,10-2)15-20(8,12-4)16-19(7,11-3)14-17/h15-18,21-22,31-32H,11-14,19-20,23-26H2,1-10H3;15H,8-14H2,1-7H3;9-12H,1-4H2,5-8H3. The SMILES string of the molecule is C=C[Si]1(C)O[Si](C)(C=C)O[Si](C)(C=C)O[Si](C)(C=C)O1.CO[Si](CC[Si]1(C)O[Si](C)O[Si](C)(CCCOCC2CO2)O[Si](C)O1)(OC)OC.C[Si]1O[Si](C)O[Si](C)(CCCc2cc(C(C)(C)c3ccc(OCC4CO4)c(CCC[Si]4(C)O[Si](C)O[Si](C)O[Si](C)O4)c3)ccc2OCC2CO2)O[Si](C)O1. The fourth-order valence-electron chi connectivity index (χ4n) is 12.4. The van der Waals surface area contributed by atoms with E-state index in [2.05, 4.69) is 103 Å². The average Bonchev–Trinajstić information content (AvgIpc) is 1.63. The topological polar surface area (TPSA) is 241 Å². The van der Waals surface area contributed by atoms with Gasteiger partial charge in [0.1, 0.15) is 43.0 Å². The Labute approximate surface area is 645 Å². The van der Waals surface area contributed by atoms with E-state index in [0.29, 0.717) is 44.6 Å². The summed E-state index contributed by atoms with van der Waals surface area (Å²) in [6.45, 7) is 57.4. The van der Waals surface area contributed by atoms with Crippen molar-refractivity contribution >= 4 is 152 Å². The van der Waals surface area contributed by atoms with Crippen molar-refractivity contribution in [3.05, 3.63) is 108 Å². The summed E-state index contributed by atoms with van der Waals surface area (Å²) in [4.78, 5) is 0. The van der Waals surface area contributed by atoms with Gasteiger partial charge < -0.3 is 108 Å². The maximum atomic E-state index is 6.54. The second-order valence-corrected chi connectivity index (χ2v) is 73.3. The van der Waals surface area contributed by atoms with Gasteiger partial charge in [-0.05, 0) is 195 Å². The Balaban J connectivity index is 0.000000256. The van der Waals surface area contributed by atoms with E-state index in [4.69, 9.17) is 108 Å². The summed E-state index contributed by atoms with van der Waals surface area (Å²) in [5, 5.41) is 0. The summed E-state index contributed by atoms with van der Waals surface area (Å²) in [5.41, 5.74) is 11.5. The number of ether oxygens (including phenoxy) is 6. The van der Waals surface area contributed by atoms with Crippen LogP contribution in [0.2, 0.25) is 135 Å². The van der Waals surface area contributed by atoms with Crippen LogP contribution in [0.25, 0.3) is 0 Å². The average molecular weight is 1740 g/mol. The third kappa shape index (κ3) is 29.3. The molecule has 3 atom stereocenters.